The molecular formula is C16H19ClN2O2S. The van der Waals surface area contributed by atoms with E-state index in [-0.39, 0.29) is 11.5 Å². The number of rotatable bonds is 6. The Labute approximate surface area is 138 Å². The first-order chi connectivity index (χ1) is 10.5. The van der Waals surface area contributed by atoms with Crippen molar-refractivity contribution in [2.24, 2.45) is 7.05 Å². The van der Waals surface area contributed by atoms with Gasteiger partial charge in [-0.15, -0.1) is 11.8 Å². The molecule has 0 atom stereocenters. The molecule has 0 unspecified atom stereocenters. The lowest BCUT2D eigenvalue weighted by Crippen LogP contribution is -2.26. The van der Waals surface area contributed by atoms with Crippen LogP contribution in [0.5, 0.6) is 0 Å². The molecule has 1 heterocycles. The second-order valence-electron chi connectivity index (χ2n) is 5.06. The number of unbranched alkanes of at least 4 members (excludes halogenated alkanes) is 1. The summed E-state index contributed by atoms with van der Waals surface area (Å²) in [6.07, 6.45) is 2.02. The van der Waals surface area contributed by atoms with Crippen LogP contribution in [0.15, 0.2) is 34.0 Å². The molecule has 0 aliphatic heterocycles. The molecule has 0 saturated carbocycles. The number of halogens is 1. The monoisotopic (exact) mass is 338 g/mol. The van der Waals surface area contributed by atoms with E-state index in [1.165, 1.54) is 11.8 Å². The summed E-state index contributed by atoms with van der Waals surface area (Å²) in [5.74, 6) is 0.271. The third-order valence-electron chi connectivity index (χ3n) is 3.38. The highest BCUT2D eigenvalue weighted by Crippen LogP contribution is 2.28. The largest absolute Gasteiger partial charge is 0.355 e. The molecule has 0 spiro atoms. The lowest BCUT2D eigenvalue weighted by molar-refractivity contribution is -0.118. The Morgan fingerprint density at radius 3 is 2.86 bits per heavy atom. The lowest BCUT2D eigenvalue weighted by atomic mass is 10.2. The van der Waals surface area contributed by atoms with E-state index in [0.29, 0.717) is 17.3 Å². The van der Waals surface area contributed by atoms with Crippen LogP contribution < -0.4 is 10.9 Å². The van der Waals surface area contributed by atoms with Gasteiger partial charge in [0.2, 0.25) is 5.91 Å². The molecule has 2 rings (SSSR count). The average molecular weight is 339 g/mol. The number of fused-ring (bicyclic) bond motifs is 1. The second-order valence-corrected chi connectivity index (χ2v) is 6.51. The number of carbonyl (C=O) groups is 1. The summed E-state index contributed by atoms with van der Waals surface area (Å²) in [7, 11) is 1.73. The van der Waals surface area contributed by atoms with Crippen molar-refractivity contribution in [3.63, 3.8) is 0 Å². The van der Waals surface area contributed by atoms with E-state index < -0.39 is 0 Å². The van der Waals surface area contributed by atoms with Gasteiger partial charge in [0.15, 0.2) is 0 Å². The van der Waals surface area contributed by atoms with E-state index in [2.05, 4.69) is 12.2 Å². The molecule has 1 aromatic carbocycles. The van der Waals surface area contributed by atoms with Gasteiger partial charge in [-0.05, 0) is 24.6 Å². The van der Waals surface area contributed by atoms with Gasteiger partial charge in [0.05, 0.1) is 11.3 Å². The SMILES string of the molecule is CCCCNC(=O)CSc1cc(=O)n(C)c2ccc(Cl)cc12. The van der Waals surface area contributed by atoms with Crippen molar-refractivity contribution in [3.8, 4) is 0 Å². The molecule has 1 N–H and O–H groups in total. The van der Waals surface area contributed by atoms with Gasteiger partial charge in [-0.3, -0.25) is 9.59 Å². The maximum atomic E-state index is 12.0. The van der Waals surface area contributed by atoms with Crippen LogP contribution in [0.3, 0.4) is 0 Å². The van der Waals surface area contributed by atoms with Crippen LogP contribution in [0, 0.1) is 0 Å². The van der Waals surface area contributed by atoms with Crippen LogP contribution in [0.4, 0.5) is 0 Å². The minimum absolute atomic E-state index is 0.0192. The number of hydrogen-bond acceptors (Lipinski definition) is 3. The van der Waals surface area contributed by atoms with Crippen LogP contribution >= 0.6 is 23.4 Å². The van der Waals surface area contributed by atoms with Crippen LogP contribution in [0.25, 0.3) is 10.9 Å². The normalized spacial score (nSPS) is 10.9. The Hall–Kier alpha value is -1.46. The molecule has 0 fully saturated rings. The summed E-state index contributed by atoms with van der Waals surface area (Å²) in [6.45, 7) is 2.77. The number of carbonyl (C=O) groups excluding carboxylic acids is 1. The van der Waals surface area contributed by atoms with Crippen LogP contribution in [-0.2, 0) is 11.8 Å². The fourth-order valence-electron chi connectivity index (χ4n) is 2.12. The van der Waals surface area contributed by atoms with Crippen LogP contribution in [0.2, 0.25) is 5.02 Å². The molecule has 0 aliphatic rings. The van der Waals surface area contributed by atoms with Gasteiger partial charge < -0.3 is 9.88 Å². The van der Waals surface area contributed by atoms with Crippen molar-refractivity contribution in [1.82, 2.24) is 9.88 Å². The van der Waals surface area contributed by atoms with Crippen molar-refractivity contribution in [2.45, 2.75) is 24.7 Å². The summed E-state index contributed by atoms with van der Waals surface area (Å²) in [5, 5.41) is 4.37. The first-order valence-corrected chi connectivity index (χ1v) is 8.58. The number of aromatic nitrogens is 1. The maximum absolute atomic E-state index is 12.0. The van der Waals surface area contributed by atoms with Gasteiger partial charge in [-0.25, -0.2) is 0 Å². The van der Waals surface area contributed by atoms with Crippen LogP contribution in [-0.4, -0.2) is 22.8 Å². The lowest BCUT2D eigenvalue weighted by Gasteiger charge is -2.10. The van der Waals surface area contributed by atoms with E-state index in [1.54, 1.807) is 23.7 Å². The molecule has 0 bridgehead atoms. The van der Waals surface area contributed by atoms with Gasteiger partial charge in [-0.2, -0.15) is 0 Å². The van der Waals surface area contributed by atoms with Gasteiger partial charge in [-0.1, -0.05) is 24.9 Å². The predicted molar refractivity (Wildman–Crippen MR) is 92.8 cm³/mol. The minimum Gasteiger partial charge on any atom is -0.355 e. The van der Waals surface area contributed by atoms with E-state index in [0.717, 1.165) is 28.6 Å². The highest BCUT2D eigenvalue weighted by atomic mass is 35.5. The van der Waals surface area contributed by atoms with Gasteiger partial charge in [0.1, 0.15) is 0 Å². The first-order valence-electron chi connectivity index (χ1n) is 7.21. The summed E-state index contributed by atoms with van der Waals surface area (Å²) in [6, 6.07) is 6.97. The Balaban J connectivity index is 2.20. The van der Waals surface area contributed by atoms with Crippen molar-refractivity contribution in [1.29, 1.82) is 0 Å². The number of nitrogens with one attached hydrogen (secondary N) is 1. The molecule has 2 aromatic rings. The second kappa shape index (κ2) is 7.70. The zero-order valence-corrected chi connectivity index (χ0v) is 14.3. The van der Waals surface area contributed by atoms with E-state index in [1.807, 2.05) is 12.1 Å². The van der Waals surface area contributed by atoms with Crippen molar-refractivity contribution in [2.75, 3.05) is 12.3 Å². The van der Waals surface area contributed by atoms with E-state index >= 15 is 0 Å². The summed E-state index contributed by atoms with van der Waals surface area (Å²) < 4.78 is 1.58. The maximum Gasteiger partial charge on any atom is 0.251 e. The number of nitrogens with zero attached hydrogens (tertiary/aromatic N) is 1. The molecule has 1 amide bonds. The molecule has 1 aromatic heterocycles. The molecule has 0 aliphatic carbocycles. The third-order valence-corrected chi connectivity index (χ3v) is 4.67. The van der Waals surface area contributed by atoms with Crippen LogP contribution in [0.1, 0.15) is 19.8 Å². The van der Waals surface area contributed by atoms with Gasteiger partial charge in [0, 0.05) is 35.0 Å². The van der Waals surface area contributed by atoms with E-state index in [9.17, 15) is 9.59 Å². The number of amides is 1. The Morgan fingerprint density at radius 1 is 1.36 bits per heavy atom. The topological polar surface area (TPSA) is 51.1 Å². The fourth-order valence-corrected chi connectivity index (χ4v) is 3.19. The highest BCUT2D eigenvalue weighted by Gasteiger charge is 2.10. The molecular weight excluding hydrogens is 320 g/mol. The number of aryl methyl sites for hydroxylation is 1. The van der Waals surface area contributed by atoms with E-state index in [4.69, 9.17) is 11.6 Å². The zero-order valence-electron chi connectivity index (χ0n) is 12.7. The summed E-state index contributed by atoms with van der Waals surface area (Å²) in [5.41, 5.74) is 0.717. The molecule has 118 valence electrons. The molecule has 0 radical (unpaired) electrons. The number of benzene rings is 1. The predicted octanol–water partition coefficient (Wildman–Crippen LogP) is 3.20. The number of hydrogen-bond donors (Lipinski definition) is 1. The van der Waals surface area contributed by atoms with Crippen molar-refractivity contribution >= 4 is 40.2 Å². The minimum atomic E-state index is -0.0938. The van der Waals surface area contributed by atoms with Crippen molar-refractivity contribution < 1.29 is 4.79 Å². The zero-order chi connectivity index (χ0) is 16.1. The molecule has 4 nitrogen and oxygen atoms in total. The number of pyridine rings is 1. The Kier molecular flexibility index (Phi) is 5.91. The Morgan fingerprint density at radius 2 is 2.14 bits per heavy atom. The fraction of sp³-hybridized carbons (Fsp3) is 0.375. The highest BCUT2D eigenvalue weighted by molar-refractivity contribution is 8.00. The Bertz CT molecular complexity index is 743. The average Bonchev–Trinajstić information content (AvgIpc) is 2.49. The quantitative estimate of drug-likeness (QED) is 0.650. The summed E-state index contributed by atoms with van der Waals surface area (Å²) >= 11 is 7.42. The smallest absolute Gasteiger partial charge is 0.251 e. The standard InChI is InChI=1S/C16H19ClN2O2S/c1-3-4-7-18-15(20)10-22-14-9-16(21)19(2)13-6-5-11(17)8-12(13)14/h5-6,8-9H,3-4,7,10H2,1-2H3,(H,18,20). The van der Waals surface area contributed by atoms with Crippen molar-refractivity contribution in [3.05, 3.63) is 39.6 Å². The molecule has 22 heavy (non-hydrogen) atoms. The third kappa shape index (κ3) is 4.05. The number of thioether (sulfide) groups is 1. The summed E-state index contributed by atoms with van der Waals surface area (Å²) in [4.78, 5) is 24.6. The molecule has 0 saturated heterocycles. The van der Waals surface area contributed by atoms with Gasteiger partial charge >= 0.3 is 0 Å². The molecule has 6 heteroatoms. The first kappa shape index (κ1) is 16.9. The van der Waals surface area contributed by atoms with Gasteiger partial charge in [0.25, 0.3) is 5.56 Å².